The van der Waals surface area contributed by atoms with Gasteiger partial charge in [-0.3, -0.25) is 0 Å². The summed E-state index contributed by atoms with van der Waals surface area (Å²) in [6.45, 7) is 6.47. The summed E-state index contributed by atoms with van der Waals surface area (Å²) in [5.74, 6) is -0.693. The van der Waals surface area contributed by atoms with Crippen LogP contribution < -0.4 is 4.90 Å². The van der Waals surface area contributed by atoms with Crippen LogP contribution in [0.4, 0.5) is 18.9 Å². The lowest BCUT2D eigenvalue weighted by atomic mass is 9.83. The van der Waals surface area contributed by atoms with Gasteiger partial charge >= 0.3 is 6.18 Å². The van der Waals surface area contributed by atoms with E-state index in [1.807, 2.05) is 24.3 Å². The van der Waals surface area contributed by atoms with Crippen molar-refractivity contribution in [3.63, 3.8) is 0 Å². The van der Waals surface area contributed by atoms with Gasteiger partial charge in [-0.25, -0.2) is 0 Å². The lowest BCUT2D eigenvalue weighted by Gasteiger charge is -2.33. The van der Waals surface area contributed by atoms with Crippen LogP contribution in [-0.2, 0) is 10.3 Å². The summed E-state index contributed by atoms with van der Waals surface area (Å²) in [7, 11) is 0. The van der Waals surface area contributed by atoms with E-state index in [9.17, 15) is 29.0 Å². The molecule has 1 heterocycles. The molecule has 1 aliphatic heterocycles. The zero-order valence-electron chi connectivity index (χ0n) is 26.4. The number of benzene rings is 3. The highest BCUT2D eigenvalue weighted by Crippen LogP contribution is 2.55. The SMILES string of the molecule is CCCCN(CCCC)c1ccc(/C=C/c2ccc(/C=C/C3=C(C#N)C(=C(C#N)C#N)OC3(c3ccccc3)C(F)(F)F)cc2)cc1. The quantitative estimate of drug-likeness (QED) is 0.147. The third kappa shape index (κ3) is 7.66. The Balaban J connectivity index is 1.62. The molecule has 0 aromatic heterocycles. The molecule has 0 fully saturated rings. The topological polar surface area (TPSA) is 83.8 Å². The first-order valence-electron chi connectivity index (χ1n) is 15.5. The summed E-state index contributed by atoms with van der Waals surface area (Å²) in [5.41, 5.74) is -1.39. The Bertz CT molecular complexity index is 1760. The third-order valence-corrected chi connectivity index (χ3v) is 7.94. The number of hydrogen-bond donors (Lipinski definition) is 0. The Labute approximate surface area is 274 Å². The Morgan fingerprint density at radius 2 is 1.23 bits per heavy atom. The molecule has 1 aliphatic rings. The molecule has 0 bridgehead atoms. The molecule has 4 rings (SSSR count). The first-order valence-corrected chi connectivity index (χ1v) is 15.5. The van der Waals surface area contributed by atoms with Crippen molar-refractivity contribution in [1.82, 2.24) is 0 Å². The van der Waals surface area contributed by atoms with Crippen molar-refractivity contribution in [2.45, 2.75) is 51.3 Å². The first-order chi connectivity index (χ1) is 22.7. The van der Waals surface area contributed by atoms with Crippen LogP contribution in [0.5, 0.6) is 0 Å². The monoisotopic (exact) mass is 632 g/mol. The van der Waals surface area contributed by atoms with E-state index in [4.69, 9.17) is 4.74 Å². The van der Waals surface area contributed by atoms with E-state index >= 15 is 0 Å². The molecule has 238 valence electrons. The maximum absolute atomic E-state index is 15.0. The lowest BCUT2D eigenvalue weighted by molar-refractivity contribution is -0.249. The molecule has 0 amide bonds. The molecule has 0 aliphatic carbocycles. The summed E-state index contributed by atoms with van der Waals surface area (Å²) in [6.07, 6.45) is 6.16. The van der Waals surface area contributed by atoms with Gasteiger partial charge in [0.25, 0.3) is 5.60 Å². The Hall–Kier alpha value is -5.52. The second kappa shape index (κ2) is 15.7. The van der Waals surface area contributed by atoms with Crippen LogP contribution >= 0.6 is 0 Å². The minimum Gasteiger partial charge on any atom is -0.465 e. The number of nitrogens with zero attached hydrogens (tertiary/aromatic N) is 4. The van der Waals surface area contributed by atoms with Gasteiger partial charge < -0.3 is 9.64 Å². The highest BCUT2D eigenvalue weighted by molar-refractivity contribution is 5.72. The largest absolute Gasteiger partial charge is 0.465 e. The number of ether oxygens (including phenoxy) is 1. The molecule has 3 aromatic carbocycles. The third-order valence-electron chi connectivity index (χ3n) is 7.94. The molecule has 0 saturated carbocycles. The number of anilines is 1. The first kappa shape index (κ1) is 34.4. The van der Waals surface area contributed by atoms with Crippen LogP contribution in [0.3, 0.4) is 0 Å². The Morgan fingerprint density at radius 1 is 0.745 bits per heavy atom. The molecule has 8 heteroatoms. The van der Waals surface area contributed by atoms with Gasteiger partial charge in [-0.15, -0.1) is 0 Å². The van der Waals surface area contributed by atoms with Gasteiger partial charge in [0, 0.05) is 29.9 Å². The van der Waals surface area contributed by atoms with Gasteiger partial charge in [0.05, 0.1) is 0 Å². The van der Waals surface area contributed by atoms with Crippen molar-refractivity contribution in [3.05, 3.63) is 130 Å². The maximum Gasteiger partial charge on any atom is 0.437 e. The summed E-state index contributed by atoms with van der Waals surface area (Å²) in [6, 6.07) is 27.4. The number of nitriles is 3. The van der Waals surface area contributed by atoms with E-state index in [0.717, 1.165) is 49.9 Å². The van der Waals surface area contributed by atoms with Crippen LogP contribution in [0.15, 0.2) is 107 Å². The predicted molar refractivity (Wildman–Crippen MR) is 179 cm³/mol. The van der Waals surface area contributed by atoms with Crippen LogP contribution in [0.1, 0.15) is 61.8 Å². The zero-order chi connectivity index (χ0) is 33.9. The van der Waals surface area contributed by atoms with Crippen LogP contribution in [0.25, 0.3) is 18.2 Å². The number of halogens is 3. The molecule has 47 heavy (non-hydrogen) atoms. The molecular formula is C39H35F3N4O. The fourth-order valence-electron chi connectivity index (χ4n) is 5.39. The Kier molecular flexibility index (Phi) is 11.4. The van der Waals surface area contributed by atoms with E-state index in [-0.39, 0.29) is 5.56 Å². The molecular weight excluding hydrogens is 597 g/mol. The summed E-state index contributed by atoms with van der Waals surface area (Å²) in [5, 5.41) is 28.8. The molecule has 0 saturated heterocycles. The fourth-order valence-corrected chi connectivity index (χ4v) is 5.39. The minimum absolute atomic E-state index is 0.284. The van der Waals surface area contributed by atoms with Gasteiger partial charge in [-0.05, 0) is 41.7 Å². The maximum atomic E-state index is 15.0. The number of alkyl halides is 3. The van der Waals surface area contributed by atoms with Crippen LogP contribution in [0.2, 0.25) is 0 Å². The predicted octanol–water partition coefficient (Wildman–Crippen LogP) is 9.89. The van der Waals surface area contributed by atoms with E-state index in [0.29, 0.717) is 5.56 Å². The lowest BCUT2D eigenvalue weighted by Crippen LogP contribution is -2.43. The van der Waals surface area contributed by atoms with Crippen molar-refractivity contribution >= 4 is 23.9 Å². The second-order valence-electron chi connectivity index (χ2n) is 11.1. The number of allylic oxidation sites excluding steroid dienone is 2. The van der Waals surface area contributed by atoms with Gasteiger partial charge in [0.15, 0.2) is 11.3 Å². The van der Waals surface area contributed by atoms with E-state index in [1.54, 1.807) is 36.4 Å². The van der Waals surface area contributed by atoms with Gasteiger partial charge in [0.2, 0.25) is 0 Å². The summed E-state index contributed by atoms with van der Waals surface area (Å²) < 4.78 is 50.4. The molecule has 1 unspecified atom stereocenters. The van der Waals surface area contributed by atoms with Gasteiger partial charge in [0.1, 0.15) is 23.8 Å². The Morgan fingerprint density at radius 3 is 1.68 bits per heavy atom. The molecule has 0 spiro atoms. The van der Waals surface area contributed by atoms with E-state index < -0.39 is 34.3 Å². The van der Waals surface area contributed by atoms with Gasteiger partial charge in [-0.2, -0.15) is 29.0 Å². The van der Waals surface area contributed by atoms with Crippen molar-refractivity contribution in [2.24, 2.45) is 0 Å². The average molecular weight is 633 g/mol. The van der Waals surface area contributed by atoms with Crippen molar-refractivity contribution in [1.29, 1.82) is 15.8 Å². The van der Waals surface area contributed by atoms with Crippen molar-refractivity contribution in [2.75, 3.05) is 18.0 Å². The highest BCUT2D eigenvalue weighted by Gasteiger charge is 2.65. The summed E-state index contributed by atoms with van der Waals surface area (Å²) >= 11 is 0. The number of unbranched alkanes of at least 4 members (excludes halogenated alkanes) is 2. The average Bonchev–Trinajstić information content (AvgIpc) is 3.43. The smallest absolute Gasteiger partial charge is 0.437 e. The number of hydrogen-bond acceptors (Lipinski definition) is 5. The molecule has 0 radical (unpaired) electrons. The molecule has 1 atom stereocenters. The molecule has 0 N–H and O–H groups in total. The molecule has 5 nitrogen and oxygen atoms in total. The van der Waals surface area contributed by atoms with E-state index in [2.05, 4.69) is 43.0 Å². The second-order valence-corrected chi connectivity index (χ2v) is 11.1. The fraction of sp³-hybridized carbons (Fsp3) is 0.256. The van der Waals surface area contributed by atoms with Crippen LogP contribution in [-0.4, -0.2) is 19.3 Å². The van der Waals surface area contributed by atoms with Gasteiger partial charge in [-0.1, -0.05) is 118 Å². The molecule has 3 aromatic rings. The standard InChI is InChI=1S/C39H35F3N4O/c1-3-5-24-46(25-6-4-2)34-21-18-31(19-22-34)17-14-29-12-15-30(16-13-29)20-23-36-35(28-45)37(32(26-43)27-44)47-38(36,39(40,41)42)33-10-8-7-9-11-33/h7-23H,3-6,24-25H2,1-2H3/b17-14+,23-20+. The van der Waals surface area contributed by atoms with E-state index in [1.165, 1.54) is 42.1 Å². The number of rotatable bonds is 12. The van der Waals surface area contributed by atoms with Crippen LogP contribution in [0, 0.1) is 34.0 Å². The minimum atomic E-state index is -5.04. The zero-order valence-corrected chi connectivity index (χ0v) is 26.4. The summed E-state index contributed by atoms with van der Waals surface area (Å²) in [4.78, 5) is 2.43. The highest BCUT2D eigenvalue weighted by atomic mass is 19.4. The van der Waals surface area contributed by atoms with Crippen molar-refractivity contribution < 1.29 is 17.9 Å². The normalized spacial score (nSPS) is 16.2. The van der Waals surface area contributed by atoms with Crippen molar-refractivity contribution in [3.8, 4) is 18.2 Å².